The van der Waals surface area contributed by atoms with Crippen molar-refractivity contribution in [1.82, 2.24) is 0 Å². The van der Waals surface area contributed by atoms with E-state index in [0.717, 1.165) is 0 Å². The van der Waals surface area contributed by atoms with Crippen molar-refractivity contribution in [3.05, 3.63) is 11.3 Å². The molecule has 6 heteroatoms. The third-order valence-corrected chi connectivity index (χ3v) is 1.82. The van der Waals surface area contributed by atoms with Crippen molar-refractivity contribution in [2.75, 3.05) is 0 Å². The van der Waals surface area contributed by atoms with Gasteiger partial charge in [-0.2, -0.15) is 13.2 Å². The molecule has 0 aromatic heterocycles. The molecule has 0 aromatic rings. The van der Waals surface area contributed by atoms with Gasteiger partial charge >= 0.3 is 12.1 Å². The van der Waals surface area contributed by atoms with Gasteiger partial charge < -0.3 is 9.47 Å². The average molecular weight is 224 g/mol. The zero-order valence-corrected chi connectivity index (χ0v) is 8.57. The van der Waals surface area contributed by atoms with Crippen molar-refractivity contribution in [3.8, 4) is 0 Å². The summed E-state index contributed by atoms with van der Waals surface area (Å²) < 4.78 is 46.8. The third-order valence-electron chi connectivity index (χ3n) is 1.82. The van der Waals surface area contributed by atoms with Crippen molar-refractivity contribution in [1.29, 1.82) is 0 Å². The number of carbonyl (C=O) groups is 1. The van der Waals surface area contributed by atoms with Crippen LogP contribution in [0.25, 0.3) is 0 Å². The van der Waals surface area contributed by atoms with Gasteiger partial charge in [-0.1, -0.05) is 6.92 Å². The SMILES string of the molecule is CCC1=C(C(F)(F)F)OC(C)(C)OC1=O. The van der Waals surface area contributed by atoms with E-state index < -0.39 is 29.3 Å². The Morgan fingerprint density at radius 1 is 1.27 bits per heavy atom. The number of rotatable bonds is 1. The summed E-state index contributed by atoms with van der Waals surface area (Å²) in [4.78, 5) is 11.2. The summed E-state index contributed by atoms with van der Waals surface area (Å²) in [6, 6.07) is 0. The Hall–Kier alpha value is -1.20. The Labute approximate surface area is 84.8 Å². The molecule has 0 spiro atoms. The Balaban J connectivity index is 3.20. The quantitative estimate of drug-likeness (QED) is 0.642. The van der Waals surface area contributed by atoms with Crippen LogP contribution < -0.4 is 0 Å². The second-order valence-corrected chi connectivity index (χ2v) is 3.55. The number of carbonyl (C=O) groups excluding carboxylic acids is 1. The minimum atomic E-state index is -4.66. The van der Waals surface area contributed by atoms with Crippen molar-refractivity contribution in [3.63, 3.8) is 0 Å². The van der Waals surface area contributed by atoms with Gasteiger partial charge in [-0.15, -0.1) is 0 Å². The van der Waals surface area contributed by atoms with E-state index in [-0.39, 0.29) is 6.42 Å². The fraction of sp³-hybridized carbons (Fsp3) is 0.667. The molecule has 0 unspecified atom stereocenters. The molecule has 3 nitrogen and oxygen atoms in total. The molecule has 0 amide bonds. The topological polar surface area (TPSA) is 35.5 Å². The maximum absolute atomic E-state index is 12.5. The Kier molecular flexibility index (Phi) is 2.71. The number of hydrogen-bond acceptors (Lipinski definition) is 3. The molecular weight excluding hydrogens is 213 g/mol. The van der Waals surface area contributed by atoms with Crippen LogP contribution in [0.5, 0.6) is 0 Å². The predicted molar refractivity (Wildman–Crippen MR) is 44.6 cm³/mol. The van der Waals surface area contributed by atoms with Crippen LogP contribution in [0, 0.1) is 0 Å². The largest absolute Gasteiger partial charge is 0.449 e. The first-order valence-electron chi connectivity index (χ1n) is 4.40. The van der Waals surface area contributed by atoms with Crippen LogP contribution >= 0.6 is 0 Å². The minimum Gasteiger partial charge on any atom is -0.447 e. The van der Waals surface area contributed by atoms with E-state index in [1.54, 1.807) is 0 Å². The normalized spacial score (nSPS) is 21.1. The van der Waals surface area contributed by atoms with Crippen LogP contribution in [0.1, 0.15) is 27.2 Å². The van der Waals surface area contributed by atoms with E-state index in [9.17, 15) is 18.0 Å². The molecule has 0 fully saturated rings. The van der Waals surface area contributed by atoms with Gasteiger partial charge in [0, 0.05) is 13.8 Å². The number of allylic oxidation sites excluding steroid dienone is 1. The average Bonchev–Trinajstić information content (AvgIpc) is 1.99. The van der Waals surface area contributed by atoms with E-state index in [2.05, 4.69) is 9.47 Å². The van der Waals surface area contributed by atoms with E-state index in [1.807, 2.05) is 0 Å². The summed E-state index contributed by atoms with van der Waals surface area (Å²) >= 11 is 0. The number of esters is 1. The van der Waals surface area contributed by atoms with Gasteiger partial charge in [0.15, 0.2) is 0 Å². The van der Waals surface area contributed by atoms with E-state index in [1.165, 1.54) is 20.8 Å². The van der Waals surface area contributed by atoms with E-state index in [4.69, 9.17) is 0 Å². The molecule has 1 heterocycles. The highest BCUT2D eigenvalue weighted by molar-refractivity contribution is 5.90. The number of hydrogen-bond donors (Lipinski definition) is 0. The lowest BCUT2D eigenvalue weighted by Gasteiger charge is -2.33. The lowest BCUT2D eigenvalue weighted by atomic mass is 10.1. The predicted octanol–water partition coefficient (Wildman–Crippen LogP) is 2.52. The number of cyclic esters (lactones) is 1. The van der Waals surface area contributed by atoms with Gasteiger partial charge in [-0.05, 0) is 6.42 Å². The molecule has 1 aliphatic rings. The molecule has 1 rings (SSSR count). The summed E-state index contributed by atoms with van der Waals surface area (Å²) in [7, 11) is 0. The first-order chi connectivity index (χ1) is 6.67. The monoisotopic (exact) mass is 224 g/mol. The van der Waals surface area contributed by atoms with Crippen LogP contribution in [0.2, 0.25) is 0 Å². The number of ether oxygens (including phenoxy) is 2. The summed E-state index contributed by atoms with van der Waals surface area (Å²) in [6.45, 7) is 3.94. The Morgan fingerprint density at radius 2 is 1.80 bits per heavy atom. The highest BCUT2D eigenvalue weighted by atomic mass is 19.4. The smallest absolute Gasteiger partial charge is 0.447 e. The summed E-state index contributed by atoms with van der Waals surface area (Å²) in [6.07, 6.45) is -4.74. The van der Waals surface area contributed by atoms with Crippen LogP contribution in [0.15, 0.2) is 11.3 Å². The van der Waals surface area contributed by atoms with Crippen molar-refractivity contribution in [2.45, 2.75) is 39.2 Å². The highest BCUT2D eigenvalue weighted by Gasteiger charge is 2.47. The zero-order chi connectivity index (χ0) is 11.9. The van der Waals surface area contributed by atoms with Crippen molar-refractivity contribution < 1.29 is 27.4 Å². The molecular formula is C9H11F3O3. The number of alkyl halides is 3. The van der Waals surface area contributed by atoms with Gasteiger partial charge in [0.05, 0.1) is 5.57 Å². The van der Waals surface area contributed by atoms with Gasteiger partial charge in [-0.3, -0.25) is 0 Å². The molecule has 1 aliphatic heterocycles. The summed E-state index contributed by atoms with van der Waals surface area (Å²) in [5.41, 5.74) is -0.471. The Morgan fingerprint density at radius 3 is 2.20 bits per heavy atom. The Bertz CT molecular complexity index is 315. The van der Waals surface area contributed by atoms with Gasteiger partial charge in [-0.25, -0.2) is 4.79 Å². The molecule has 15 heavy (non-hydrogen) atoms. The van der Waals surface area contributed by atoms with Crippen LogP contribution in [-0.4, -0.2) is 17.9 Å². The number of halogens is 3. The molecule has 0 aliphatic carbocycles. The fourth-order valence-electron chi connectivity index (χ4n) is 1.24. The van der Waals surface area contributed by atoms with Gasteiger partial charge in [0.2, 0.25) is 11.5 Å². The zero-order valence-electron chi connectivity index (χ0n) is 8.57. The molecule has 0 aromatic carbocycles. The third kappa shape index (κ3) is 2.43. The maximum atomic E-state index is 12.5. The maximum Gasteiger partial charge on any atom is 0.449 e. The van der Waals surface area contributed by atoms with Gasteiger partial charge in [0.1, 0.15) is 0 Å². The highest BCUT2D eigenvalue weighted by Crippen LogP contribution is 2.37. The standard InChI is InChI=1S/C9H11F3O3/c1-4-5-6(9(10,11)12)14-8(2,3)15-7(5)13/h4H2,1-3H3. The lowest BCUT2D eigenvalue weighted by Crippen LogP contribution is -2.40. The molecule has 0 N–H and O–H groups in total. The molecule has 0 radical (unpaired) electrons. The second kappa shape index (κ2) is 3.43. The first-order valence-corrected chi connectivity index (χ1v) is 4.40. The van der Waals surface area contributed by atoms with Crippen molar-refractivity contribution in [2.24, 2.45) is 0 Å². The summed E-state index contributed by atoms with van der Waals surface area (Å²) in [5, 5.41) is 0. The lowest BCUT2D eigenvalue weighted by molar-refractivity contribution is -0.239. The molecule has 0 bridgehead atoms. The minimum absolute atomic E-state index is 0.0796. The second-order valence-electron chi connectivity index (χ2n) is 3.55. The van der Waals surface area contributed by atoms with Crippen LogP contribution in [-0.2, 0) is 14.3 Å². The molecule has 0 saturated carbocycles. The first kappa shape index (κ1) is 11.9. The summed E-state index contributed by atoms with van der Waals surface area (Å²) in [5.74, 6) is -3.78. The van der Waals surface area contributed by atoms with Crippen LogP contribution in [0.4, 0.5) is 13.2 Å². The van der Waals surface area contributed by atoms with Crippen molar-refractivity contribution >= 4 is 5.97 Å². The van der Waals surface area contributed by atoms with E-state index in [0.29, 0.717) is 0 Å². The fourth-order valence-corrected chi connectivity index (χ4v) is 1.24. The van der Waals surface area contributed by atoms with E-state index >= 15 is 0 Å². The van der Waals surface area contributed by atoms with Gasteiger partial charge in [0.25, 0.3) is 0 Å². The molecule has 0 atom stereocenters. The molecule has 86 valence electrons. The molecule has 0 saturated heterocycles. The van der Waals surface area contributed by atoms with Crippen LogP contribution in [0.3, 0.4) is 0 Å².